The minimum atomic E-state index is -0.0381. The number of rotatable bonds is 5. The summed E-state index contributed by atoms with van der Waals surface area (Å²) >= 11 is 1.70. The Labute approximate surface area is 131 Å². The number of amides is 1. The van der Waals surface area contributed by atoms with Gasteiger partial charge in [-0.15, -0.1) is 0 Å². The first-order valence-electron chi connectivity index (χ1n) is 8.15. The van der Waals surface area contributed by atoms with Crippen molar-refractivity contribution in [2.45, 2.75) is 58.7 Å². The quantitative estimate of drug-likeness (QED) is 0.898. The van der Waals surface area contributed by atoms with E-state index < -0.39 is 0 Å². The first-order chi connectivity index (χ1) is 10.1. The van der Waals surface area contributed by atoms with E-state index in [2.05, 4.69) is 47.8 Å². The Balaban J connectivity index is 1.84. The van der Waals surface area contributed by atoms with Crippen molar-refractivity contribution in [3.05, 3.63) is 22.4 Å². The Kier molecular flexibility index (Phi) is 4.10. The second kappa shape index (κ2) is 5.73. The molecule has 116 valence electrons. The van der Waals surface area contributed by atoms with Gasteiger partial charge in [-0.1, -0.05) is 27.2 Å². The number of hydrogen-bond donors (Lipinski definition) is 1. The summed E-state index contributed by atoms with van der Waals surface area (Å²) in [5.41, 5.74) is 1.61. The Morgan fingerprint density at radius 3 is 2.71 bits per heavy atom. The minimum absolute atomic E-state index is 0.0381. The molecule has 1 aliphatic heterocycles. The van der Waals surface area contributed by atoms with Crippen LogP contribution in [0.1, 0.15) is 58.2 Å². The molecule has 4 heteroatoms. The van der Waals surface area contributed by atoms with E-state index in [0.29, 0.717) is 17.2 Å². The van der Waals surface area contributed by atoms with Crippen LogP contribution in [0.15, 0.2) is 16.8 Å². The fraction of sp³-hybridized carbons (Fsp3) is 0.706. The summed E-state index contributed by atoms with van der Waals surface area (Å²) in [6, 6.07) is 2.11. The van der Waals surface area contributed by atoms with Gasteiger partial charge in [0.25, 0.3) is 0 Å². The van der Waals surface area contributed by atoms with Gasteiger partial charge in [-0.3, -0.25) is 10.1 Å². The molecule has 1 saturated carbocycles. The molecule has 3 nitrogen and oxygen atoms in total. The molecule has 1 saturated heterocycles. The summed E-state index contributed by atoms with van der Waals surface area (Å²) in [4.78, 5) is 15.0. The highest BCUT2D eigenvalue weighted by molar-refractivity contribution is 7.07. The fourth-order valence-corrected chi connectivity index (χ4v) is 4.33. The number of carbonyl (C=O) groups is 1. The molecule has 0 spiro atoms. The smallest absolute Gasteiger partial charge is 0.241 e. The molecule has 21 heavy (non-hydrogen) atoms. The molecule has 2 aliphatic rings. The number of hydrogen-bond acceptors (Lipinski definition) is 3. The summed E-state index contributed by atoms with van der Waals surface area (Å²) in [5, 5.41) is 7.84. The van der Waals surface area contributed by atoms with Crippen LogP contribution in [0.3, 0.4) is 0 Å². The van der Waals surface area contributed by atoms with Crippen LogP contribution in [0.4, 0.5) is 0 Å². The predicted octanol–water partition coefficient (Wildman–Crippen LogP) is 3.78. The van der Waals surface area contributed by atoms with Crippen molar-refractivity contribution in [2.24, 2.45) is 11.3 Å². The van der Waals surface area contributed by atoms with Crippen LogP contribution in [0.25, 0.3) is 0 Å². The van der Waals surface area contributed by atoms with Crippen LogP contribution in [-0.4, -0.2) is 23.4 Å². The summed E-state index contributed by atoms with van der Waals surface area (Å²) in [6.07, 6.45) is 5.12. The van der Waals surface area contributed by atoms with E-state index in [9.17, 15) is 4.79 Å². The molecule has 0 aromatic carbocycles. The van der Waals surface area contributed by atoms with E-state index in [-0.39, 0.29) is 12.2 Å². The number of nitrogens with one attached hydrogen (secondary N) is 1. The van der Waals surface area contributed by atoms with Crippen molar-refractivity contribution in [2.75, 3.05) is 6.54 Å². The van der Waals surface area contributed by atoms with Crippen LogP contribution in [-0.2, 0) is 4.79 Å². The second-order valence-electron chi connectivity index (χ2n) is 7.02. The molecule has 2 atom stereocenters. The molecule has 2 unspecified atom stereocenters. The Bertz CT molecular complexity index is 487. The van der Waals surface area contributed by atoms with Gasteiger partial charge in [0.1, 0.15) is 6.17 Å². The minimum Gasteiger partial charge on any atom is -0.321 e. The summed E-state index contributed by atoms with van der Waals surface area (Å²) in [7, 11) is 0. The first kappa shape index (κ1) is 15.0. The van der Waals surface area contributed by atoms with Crippen LogP contribution in [0, 0.1) is 11.3 Å². The lowest BCUT2D eigenvalue weighted by molar-refractivity contribution is -0.133. The lowest BCUT2D eigenvalue weighted by atomic mass is 9.66. The molecule has 3 rings (SSSR count). The van der Waals surface area contributed by atoms with Crippen LogP contribution in [0.2, 0.25) is 0 Å². The van der Waals surface area contributed by atoms with Gasteiger partial charge in [0, 0.05) is 6.54 Å². The molecule has 0 radical (unpaired) electrons. The van der Waals surface area contributed by atoms with Gasteiger partial charge in [0.15, 0.2) is 0 Å². The highest BCUT2D eigenvalue weighted by atomic mass is 32.1. The summed E-state index contributed by atoms with van der Waals surface area (Å²) < 4.78 is 0. The second-order valence-corrected chi connectivity index (χ2v) is 7.80. The number of carbonyl (C=O) groups excluding carboxylic acids is 1. The Morgan fingerprint density at radius 2 is 2.24 bits per heavy atom. The van der Waals surface area contributed by atoms with Gasteiger partial charge in [0.2, 0.25) is 5.91 Å². The average molecular weight is 306 g/mol. The van der Waals surface area contributed by atoms with Gasteiger partial charge in [-0.05, 0) is 53.0 Å². The molecule has 2 heterocycles. The van der Waals surface area contributed by atoms with Crippen molar-refractivity contribution in [1.82, 2.24) is 10.2 Å². The topological polar surface area (TPSA) is 32.3 Å². The van der Waals surface area contributed by atoms with E-state index in [1.54, 1.807) is 11.3 Å². The third kappa shape index (κ3) is 2.64. The number of nitrogens with zero attached hydrogens (tertiary/aromatic N) is 1. The van der Waals surface area contributed by atoms with E-state index in [1.807, 2.05) is 0 Å². The standard InChI is InChI=1S/C17H26N2OS/c1-4-17(7-5-8-17)11-19-15(13-6-9-21-10-13)18-14(12(2)3)16(19)20/h6,9-10,12,14-15,18H,4-5,7-8,11H2,1-3H3. The zero-order valence-electron chi connectivity index (χ0n) is 13.3. The molecule has 1 aromatic heterocycles. The monoisotopic (exact) mass is 306 g/mol. The number of thiophene rings is 1. The van der Waals surface area contributed by atoms with Crippen molar-refractivity contribution in [1.29, 1.82) is 0 Å². The van der Waals surface area contributed by atoms with Crippen molar-refractivity contribution < 1.29 is 4.79 Å². The third-order valence-corrected chi connectivity index (χ3v) is 6.10. The molecule has 1 aliphatic carbocycles. The lowest BCUT2D eigenvalue weighted by Crippen LogP contribution is -2.44. The van der Waals surface area contributed by atoms with Gasteiger partial charge in [0.05, 0.1) is 6.04 Å². The lowest BCUT2D eigenvalue weighted by Gasteiger charge is -2.45. The van der Waals surface area contributed by atoms with Crippen molar-refractivity contribution >= 4 is 17.2 Å². The molecule has 2 fully saturated rings. The SMILES string of the molecule is CCC1(CN2C(=O)C(C(C)C)NC2c2ccsc2)CCC1. The Hall–Kier alpha value is -0.870. The summed E-state index contributed by atoms with van der Waals surface area (Å²) in [6.45, 7) is 7.44. The molecular weight excluding hydrogens is 280 g/mol. The van der Waals surface area contributed by atoms with E-state index in [0.717, 1.165) is 6.54 Å². The predicted molar refractivity (Wildman–Crippen MR) is 87.1 cm³/mol. The maximum absolute atomic E-state index is 12.9. The van der Waals surface area contributed by atoms with Crippen molar-refractivity contribution in [3.8, 4) is 0 Å². The van der Waals surface area contributed by atoms with Gasteiger partial charge >= 0.3 is 0 Å². The highest BCUT2D eigenvalue weighted by Gasteiger charge is 2.46. The molecule has 1 aromatic rings. The highest BCUT2D eigenvalue weighted by Crippen LogP contribution is 2.46. The van der Waals surface area contributed by atoms with Crippen LogP contribution in [0.5, 0.6) is 0 Å². The van der Waals surface area contributed by atoms with Gasteiger partial charge < -0.3 is 4.90 Å². The summed E-state index contributed by atoms with van der Waals surface area (Å²) in [5.74, 6) is 0.628. The molecule has 1 amide bonds. The van der Waals surface area contributed by atoms with E-state index >= 15 is 0 Å². The van der Waals surface area contributed by atoms with Crippen LogP contribution >= 0.6 is 11.3 Å². The van der Waals surface area contributed by atoms with Gasteiger partial charge in [-0.2, -0.15) is 11.3 Å². The zero-order chi connectivity index (χ0) is 15.0. The largest absolute Gasteiger partial charge is 0.321 e. The van der Waals surface area contributed by atoms with E-state index in [1.165, 1.54) is 31.2 Å². The van der Waals surface area contributed by atoms with Gasteiger partial charge in [-0.25, -0.2) is 0 Å². The third-order valence-electron chi connectivity index (χ3n) is 5.39. The zero-order valence-corrected chi connectivity index (χ0v) is 14.1. The van der Waals surface area contributed by atoms with Crippen molar-refractivity contribution in [3.63, 3.8) is 0 Å². The maximum Gasteiger partial charge on any atom is 0.241 e. The Morgan fingerprint density at radius 1 is 1.48 bits per heavy atom. The maximum atomic E-state index is 12.9. The first-order valence-corrected chi connectivity index (χ1v) is 9.09. The average Bonchev–Trinajstić information content (AvgIpc) is 3.02. The van der Waals surface area contributed by atoms with E-state index in [4.69, 9.17) is 0 Å². The fourth-order valence-electron chi connectivity index (χ4n) is 3.65. The van der Waals surface area contributed by atoms with Crippen LogP contribution < -0.4 is 5.32 Å². The normalized spacial score (nSPS) is 28.2. The molecule has 0 bridgehead atoms. The molecular formula is C17H26N2OS. The molecule has 1 N–H and O–H groups in total.